The first kappa shape index (κ1) is 10.9. The molecule has 0 radical (unpaired) electrons. The second-order valence-corrected chi connectivity index (χ2v) is 3.11. The summed E-state index contributed by atoms with van der Waals surface area (Å²) in [6.07, 6.45) is -4.48. The molecule has 0 atom stereocenters. The van der Waals surface area contributed by atoms with Crippen molar-refractivity contribution in [2.75, 3.05) is 0 Å². The van der Waals surface area contributed by atoms with Crippen LogP contribution in [-0.2, 0) is 6.18 Å². The van der Waals surface area contributed by atoms with Crippen LogP contribution in [-0.4, -0.2) is 0 Å². The highest BCUT2D eigenvalue weighted by Gasteiger charge is 2.33. The van der Waals surface area contributed by atoms with Gasteiger partial charge in [-0.2, -0.15) is 18.4 Å². The van der Waals surface area contributed by atoms with Gasteiger partial charge in [-0.1, -0.05) is 0 Å². The standard InChI is InChI=1S/C8H5F3N2S/c9-8(10,11)6-3-5(4-12)1-2-7(6)14-13/h1-3H,13H2. The van der Waals surface area contributed by atoms with Gasteiger partial charge in [-0.3, -0.25) is 5.14 Å². The van der Waals surface area contributed by atoms with Crippen LogP contribution in [0.4, 0.5) is 13.2 Å². The van der Waals surface area contributed by atoms with E-state index in [2.05, 4.69) is 0 Å². The van der Waals surface area contributed by atoms with Gasteiger partial charge < -0.3 is 0 Å². The highest BCUT2D eigenvalue weighted by Crippen LogP contribution is 2.35. The van der Waals surface area contributed by atoms with Crippen LogP contribution in [0.5, 0.6) is 0 Å². The molecule has 1 aromatic rings. The Balaban J connectivity index is 3.31. The van der Waals surface area contributed by atoms with E-state index in [0.717, 1.165) is 6.07 Å². The van der Waals surface area contributed by atoms with Crippen molar-refractivity contribution in [3.63, 3.8) is 0 Å². The van der Waals surface area contributed by atoms with Gasteiger partial charge in [-0.15, -0.1) is 0 Å². The lowest BCUT2D eigenvalue weighted by molar-refractivity contribution is -0.139. The Labute approximate surface area is 82.6 Å². The van der Waals surface area contributed by atoms with Crippen LogP contribution < -0.4 is 5.14 Å². The van der Waals surface area contributed by atoms with E-state index in [1.54, 1.807) is 6.07 Å². The average molecular weight is 218 g/mol. The summed E-state index contributed by atoms with van der Waals surface area (Å²) in [5, 5.41) is 13.5. The molecular formula is C8H5F3N2S. The van der Waals surface area contributed by atoms with Gasteiger partial charge in [0.05, 0.1) is 17.2 Å². The number of hydrogen-bond donors (Lipinski definition) is 1. The molecule has 0 fully saturated rings. The topological polar surface area (TPSA) is 49.8 Å². The molecule has 0 saturated carbocycles. The Morgan fingerprint density at radius 3 is 2.43 bits per heavy atom. The van der Waals surface area contributed by atoms with Crippen LogP contribution >= 0.6 is 11.9 Å². The SMILES string of the molecule is N#Cc1ccc(SN)c(C(F)(F)F)c1. The van der Waals surface area contributed by atoms with Gasteiger partial charge in [0.1, 0.15) is 0 Å². The lowest BCUT2D eigenvalue weighted by Crippen LogP contribution is -2.07. The third kappa shape index (κ3) is 2.19. The Bertz CT molecular complexity index is 381. The number of hydrogen-bond acceptors (Lipinski definition) is 3. The molecule has 0 bridgehead atoms. The highest BCUT2D eigenvalue weighted by atomic mass is 32.2. The summed E-state index contributed by atoms with van der Waals surface area (Å²) < 4.78 is 37.1. The first-order valence-corrected chi connectivity index (χ1v) is 4.35. The van der Waals surface area contributed by atoms with Crippen molar-refractivity contribution in [2.45, 2.75) is 11.1 Å². The smallest absolute Gasteiger partial charge is 0.274 e. The van der Waals surface area contributed by atoms with Gasteiger partial charge in [0, 0.05) is 4.90 Å². The van der Waals surface area contributed by atoms with Crippen LogP contribution in [0.15, 0.2) is 23.1 Å². The molecule has 0 saturated heterocycles. The summed E-state index contributed by atoms with van der Waals surface area (Å²) in [5.74, 6) is 0. The molecule has 0 aliphatic carbocycles. The van der Waals surface area contributed by atoms with E-state index in [4.69, 9.17) is 10.4 Å². The maximum Gasteiger partial charge on any atom is 0.417 e. The van der Waals surface area contributed by atoms with Crippen LogP contribution in [0.1, 0.15) is 11.1 Å². The predicted octanol–water partition coefficient (Wildman–Crippen LogP) is 2.54. The number of halogens is 3. The van der Waals surface area contributed by atoms with Crippen molar-refractivity contribution in [3.8, 4) is 6.07 Å². The van der Waals surface area contributed by atoms with Gasteiger partial charge >= 0.3 is 6.18 Å². The van der Waals surface area contributed by atoms with E-state index >= 15 is 0 Å². The Hall–Kier alpha value is -1.19. The minimum Gasteiger partial charge on any atom is -0.274 e. The molecule has 2 N–H and O–H groups in total. The molecule has 0 unspecified atom stereocenters. The van der Waals surface area contributed by atoms with Crippen molar-refractivity contribution in [1.82, 2.24) is 0 Å². The van der Waals surface area contributed by atoms with E-state index < -0.39 is 11.7 Å². The molecule has 1 rings (SSSR count). The fourth-order valence-corrected chi connectivity index (χ4v) is 1.37. The molecule has 0 heterocycles. The molecule has 0 aromatic heterocycles. The van der Waals surface area contributed by atoms with Crippen molar-refractivity contribution in [1.29, 1.82) is 5.26 Å². The number of rotatable bonds is 1. The van der Waals surface area contributed by atoms with Gasteiger partial charge in [0.2, 0.25) is 0 Å². The Morgan fingerprint density at radius 2 is 2.00 bits per heavy atom. The Kier molecular flexibility index (Phi) is 3.03. The van der Waals surface area contributed by atoms with Crippen LogP contribution in [0.2, 0.25) is 0 Å². The molecule has 14 heavy (non-hydrogen) atoms. The number of nitriles is 1. The monoisotopic (exact) mass is 218 g/mol. The zero-order chi connectivity index (χ0) is 10.8. The summed E-state index contributed by atoms with van der Waals surface area (Å²) in [6.45, 7) is 0. The average Bonchev–Trinajstić information content (AvgIpc) is 2.15. The molecule has 74 valence electrons. The maximum atomic E-state index is 12.4. The van der Waals surface area contributed by atoms with E-state index in [1.165, 1.54) is 12.1 Å². The molecule has 2 nitrogen and oxygen atoms in total. The third-order valence-corrected chi connectivity index (χ3v) is 2.15. The second kappa shape index (κ2) is 3.90. The summed E-state index contributed by atoms with van der Waals surface area (Å²) >= 11 is 0.512. The first-order chi connectivity index (χ1) is 6.49. The second-order valence-electron chi connectivity index (χ2n) is 2.44. The van der Waals surface area contributed by atoms with Gasteiger partial charge in [-0.05, 0) is 30.1 Å². The zero-order valence-corrected chi connectivity index (χ0v) is 7.62. The number of alkyl halides is 3. The van der Waals surface area contributed by atoms with Crippen molar-refractivity contribution in [3.05, 3.63) is 29.3 Å². The highest BCUT2D eigenvalue weighted by molar-refractivity contribution is 7.97. The fourth-order valence-electron chi connectivity index (χ4n) is 0.924. The van der Waals surface area contributed by atoms with Gasteiger partial charge in [0.15, 0.2) is 0 Å². The molecule has 0 aliphatic heterocycles. The summed E-state index contributed by atoms with van der Waals surface area (Å²) in [7, 11) is 0. The molecule has 1 aromatic carbocycles. The molecule has 0 amide bonds. The first-order valence-electron chi connectivity index (χ1n) is 3.47. The molecular weight excluding hydrogens is 213 g/mol. The van der Waals surface area contributed by atoms with Gasteiger partial charge in [-0.25, -0.2) is 0 Å². The number of nitrogens with two attached hydrogens (primary N) is 1. The quantitative estimate of drug-likeness (QED) is 0.737. The fraction of sp³-hybridized carbons (Fsp3) is 0.125. The van der Waals surface area contributed by atoms with Crippen molar-refractivity contribution < 1.29 is 13.2 Å². The summed E-state index contributed by atoms with van der Waals surface area (Å²) in [4.78, 5) is -0.0866. The largest absolute Gasteiger partial charge is 0.417 e. The molecule has 6 heteroatoms. The van der Waals surface area contributed by atoms with E-state index in [1.807, 2.05) is 0 Å². The van der Waals surface area contributed by atoms with Crippen LogP contribution in [0, 0.1) is 11.3 Å². The minimum atomic E-state index is -4.48. The van der Waals surface area contributed by atoms with E-state index in [0.29, 0.717) is 11.9 Å². The third-order valence-electron chi connectivity index (χ3n) is 1.54. The lowest BCUT2D eigenvalue weighted by atomic mass is 10.1. The normalized spacial score (nSPS) is 11.1. The van der Waals surface area contributed by atoms with Crippen molar-refractivity contribution >= 4 is 11.9 Å². The predicted molar refractivity (Wildman–Crippen MR) is 46.2 cm³/mol. The number of nitrogens with zero attached hydrogens (tertiary/aromatic N) is 1. The maximum absolute atomic E-state index is 12.4. The van der Waals surface area contributed by atoms with Crippen LogP contribution in [0.25, 0.3) is 0 Å². The number of benzene rings is 1. The molecule has 0 spiro atoms. The zero-order valence-electron chi connectivity index (χ0n) is 6.80. The lowest BCUT2D eigenvalue weighted by Gasteiger charge is -2.10. The minimum absolute atomic E-state index is 0.0323. The molecule has 0 aliphatic rings. The van der Waals surface area contributed by atoms with Gasteiger partial charge in [0.25, 0.3) is 0 Å². The summed E-state index contributed by atoms with van der Waals surface area (Å²) in [6, 6.07) is 4.91. The Morgan fingerprint density at radius 1 is 1.36 bits per heavy atom. The van der Waals surface area contributed by atoms with Crippen LogP contribution in [0.3, 0.4) is 0 Å². The van der Waals surface area contributed by atoms with E-state index in [9.17, 15) is 13.2 Å². The van der Waals surface area contributed by atoms with Crippen molar-refractivity contribution in [2.24, 2.45) is 5.14 Å². The summed E-state index contributed by atoms with van der Waals surface area (Å²) in [5.41, 5.74) is -0.904. The van der Waals surface area contributed by atoms with E-state index in [-0.39, 0.29) is 10.5 Å².